The fourth-order valence-corrected chi connectivity index (χ4v) is 5.18. The van der Waals surface area contributed by atoms with Crippen LogP contribution in [-0.4, -0.2) is 40.1 Å². The molecular formula is C19H21N5OS2. The summed E-state index contributed by atoms with van der Waals surface area (Å²) in [4.78, 5) is 25.8. The highest BCUT2D eigenvalue weighted by molar-refractivity contribution is 7.99. The molecule has 140 valence electrons. The predicted molar refractivity (Wildman–Crippen MR) is 112 cm³/mol. The van der Waals surface area contributed by atoms with E-state index in [0.29, 0.717) is 11.0 Å². The topological polar surface area (TPSA) is 84.1 Å². The maximum atomic E-state index is 12.2. The van der Waals surface area contributed by atoms with Gasteiger partial charge in [0.05, 0.1) is 11.1 Å². The normalized spacial score (nSPS) is 14.3. The van der Waals surface area contributed by atoms with Crippen LogP contribution in [0.4, 0.5) is 11.5 Å². The molecule has 3 N–H and O–H groups in total. The number of carbonyl (C=O) groups is 1. The van der Waals surface area contributed by atoms with Gasteiger partial charge >= 0.3 is 0 Å². The third-order valence-electron chi connectivity index (χ3n) is 4.57. The summed E-state index contributed by atoms with van der Waals surface area (Å²) < 4.78 is 0. The molecule has 0 radical (unpaired) electrons. The lowest BCUT2D eigenvalue weighted by Gasteiger charge is -2.22. The molecule has 0 unspecified atom stereocenters. The Hall–Kier alpha value is -2.16. The summed E-state index contributed by atoms with van der Waals surface area (Å²) in [5.41, 5.74) is 9.47. The number of nitrogen functional groups attached to an aromatic ring is 1. The van der Waals surface area contributed by atoms with E-state index in [9.17, 15) is 4.79 Å². The minimum Gasteiger partial charge on any atom is -0.383 e. The van der Waals surface area contributed by atoms with E-state index in [2.05, 4.69) is 27.2 Å². The first kappa shape index (κ1) is 18.2. The molecular weight excluding hydrogens is 378 g/mol. The zero-order valence-corrected chi connectivity index (χ0v) is 16.9. The lowest BCUT2D eigenvalue weighted by Crippen LogP contribution is -2.25. The van der Waals surface area contributed by atoms with E-state index < -0.39 is 0 Å². The Labute approximate surface area is 166 Å². The van der Waals surface area contributed by atoms with E-state index in [-0.39, 0.29) is 11.7 Å². The number of nitrogens with two attached hydrogens (primary N) is 1. The van der Waals surface area contributed by atoms with Gasteiger partial charge in [-0.05, 0) is 38.1 Å². The Bertz CT molecular complexity index is 999. The third kappa shape index (κ3) is 3.92. The standard InChI is InChI=1S/C19H21N5OS2/c1-11-3-5-12(6-4-11)21-15(25)10-26-19-22-17(20)16-13-7-8-24(2)9-14(13)27-18(16)23-19/h3-6H,7-10H2,1-2H3,(H,21,25)(H2,20,22,23). The van der Waals surface area contributed by atoms with Crippen molar-refractivity contribution in [3.8, 4) is 0 Å². The lowest BCUT2D eigenvalue weighted by molar-refractivity contribution is -0.113. The molecule has 1 amide bonds. The third-order valence-corrected chi connectivity index (χ3v) is 6.52. The Morgan fingerprint density at radius 2 is 2.11 bits per heavy atom. The molecule has 27 heavy (non-hydrogen) atoms. The molecule has 1 aromatic carbocycles. The zero-order chi connectivity index (χ0) is 19.0. The van der Waals surface area contributed by atoms with Gasteiger partial charge < -0.3 is 16.0 Å². The van der Waals surface area contributed by atoms with Crippen LogP contribution in [0, 0.1) is 6.92 Å². The summed E-state index contributed by atoms with van der Waals surface area (Å²) in [6, 6.07) is 7.73. The van der Waals surface area contributed by atoms with Crippen LogP contribution in [0.1, 0.15) is 16.0 Å². The zero-order valence-electron chi connectivity index (χ0n) is 15.3. The van der Waals surface area contributed by atoms with Crippen molar-refractivity contribution < 1.29 is 4.79 Å². The number of nitrogens with one attached hydrogen (secondary N) is 1. The molecule has 4 rings (SSSR count). The maximum absolute atomic E-state index is 12.2. The van der Waals surface area contributed by atoms with Crippen LogP contribution in [0.5, 0.6) is 0 Å². The number of hydrogen-bond acceptors (Lipinski definition) is 7. The molecule has 0 fully saturated rings. The Balaban J connectivity index is 1.47. The molecule has 0 atom stereocenters. The van der Waals surface area contributed by atoms with Crippen LogP contribution in [0.25, 0.3) is 10.2 Å². The second kappa shape index (κ2) is 7.46. The molecule has 6 nitrogen and oxygen atoms in total. The van der Waals surface area contributed by atoms with Crippen molar-refractivity contribution in [3.05, 3.63) is 40.3 Å². The number of aryl methyl sites for hydroxylation is 1. The molecule has 0 aliphatic carbocycles. The van der Waals surface area contributed by atoms with Gasteiger partial charge in [0.25, 0.3) is 0 Å². The largest absolute Gasteiger partial charge is 0.383 e. The van der Waals surface area contributed by atoms with Gasteiger partial charge in [-0.2, -0.15) is 0 Å². The molecule has 1 aliphatic rings. The average Bonchev–Trinajstić information content (AvgIpc) is 2.99. The smallest absolute Gasteiger partial charge is 0.234 e. The number of thiophene rings is 1. The van der Waals surface area contributed by atoms with Crippen molar-refractivity contribution in [1.29, 1.82) is 0 Å². The SMILES string of the molecule is Cc1ccc(NC(=O)CSc2nc(N)c3c4c(sc3n2)CN(C)CC4)cc1. The monoisotopic (exact) mass is 399 g/mol. The van der Waals surface area contributed by atoms with Crippen molar-refractivity contribution in [3.63, 3.8) is 0 Å². The average molecular weight is 400 g/mol. The number of rotatable bonds is 4. The van der Waals surface area contributed by atoms with Gasteiger partial charge in [0.1, 0.15) is 10.6 Å². The van der Waals surface area contributed by atoms with Gasteiger partial charge in [0.15, 0.2) is 5.16 Å². The van der Waals surface area contributed by atoms with E-state index in [1.165, 1.54) is 22.2 Å². The fraction of sp³-hybridized carbons (Fsp3) is 0.316. The Kier molecular flexibility index (Phi) is 5.03. The quantitative estimate of drug-likeness (QED) is 0.517. The first-order valence-electron chi connectivity index (χ1n) is 8.75. The summed E-state index contributed by atoms with van der Waals surface area (Å²) >= 11 is 2.99. The van der Waals surface area contributed by atoms with Gasteiger partial charge in [-0.1, -0.05) is 29.5 Å². The first-order valence-corrected chi connectivity index (χ1v) is 10.6. The summed E-state index contributed by atoms with van der Waals surface area (Å²) in [5, 5.41) is 4.43. The summed E-state index contributed by atoms with van der Waals surface area (Å²) in [5.74, 6) is 0.675. The lowest BCUT2D eigenvalue weighted by atomic mass is 10.1. The van der Waals surface area contributed by atoms with Gasteiger partial charge in [-0.25, -0.2) is 9.97 Å². The first-order chi connectivity index (χ1) is 13.0. The number of carbonyl (C=O) groups excluding carboxylic acids is 1. The van der Waals surface area contributed by atoms with Gasteiger partial charge in [0, 0.05) is 23.7 Å². The van der Waals surface area contributed by atoms with Crippen LogP contribution < -0.4 is 11.1 Å². The highest BCUT2D eigenvalue weighted by Crippen LogP contribution is 2.37. The number of nitrogens with zero attached hydrogens (tertiary/aromatic N) is 3. The minimum atomic E-state index is -0.0850. The van der Waals surface area contributed by atoms with Crippen molar-refractivity contribution in [2.75, 3.05) is 30.4 Å². The van der Waals surface area contributed by atoms with Gasteiger partial charge in [-0.15, -0.1) is 11.3 Å². The van der Waals surface area contributed by atoms with Crippen LogP contribution in [-0.2, 0) is 17.8 Å². The highest BCUT2D eigenvalue weighted by atomic mass is 32.2. The number of hydrogen-bond donors (Lipinski definition) is 2. The number of anilines is 2. The summed E-state index contributed by atoms with van der Waals surface area (Å²) in [6.45, 7) is 3.96. The van der Waals surface area contributed by atoms with E-state index in [4.69, 9.17) is 5.73 Å². The van der Waals surface area contributed by atoms with Crippen molar-refractivity contribution in [2.24, 2.45) is 0 Å². The molecule has 1 aliphatic heterocycles. The molecule has 3 aromatic rings. The van der Waals surface area contributed by atoms with Gasteiger partial charge in [-0.3, -0.25) is 4.79 Å². The Morgan fingerprint density at radius 1 is 1.33 bits per heavy atom. The molecule has 2 aromatic heterocycles. The number of thioether (sulfide) groups is 1. The fourth-order valence-electron chi connectivity index (χ4n) is 3.16. The molecule has 3 heterocycles. The molecule has 0 bridgehead atoms. The number of aromatic nitrogens is 2. The van der Waals surface area contributed by atoms with Gasteiger partial charge in [0.2, 0.25) is 5.91 Å². The van der Waals surface area contributed by atoms with Crippen molar-refractivity contribution in [1.82, 2.24) is 14.9 Å². The molecule has 0 saturated heterocycles. The number of amides is 1. The highest BCUT2D eigenvalue weighted by Gasteiger charge is 2.22. The second-order valence-corrected chi connectivity index (χ2v) is 8.79. The Morgan fingerprint density at radius 3 is 2.89 bits per heavy atom. The van der Waals surface area contributed by atoms with Crippen LogP contribution in [0.15, 0.2) is 29.4 Å². The minimum absolute atomic E-state index is 0.0850. The van der Waals surface area contributed by atoms with E-state index in [0.717, 1.165) is 41.0 Å². The van der Waals surface area contributed by atoms with Crippen LogP contribution in [0.3, 0.4) is 0 Å². The van der Waals surface area contributed by atoms with Crippen molar-refractivity contribution >= 4 is 50.7 Å². The molecule has 8 heteroatoms. The maximum Gasteiger partial charge on any atom is 0.234 e. The van der Waals surface area contributed by atoms with Crippen LogP contribution in [0.2, 0.25) is 0 Å². The molecule has 0 spiro atoms. The van der Waals surface area contributed by atoms with Crippen LogP contribution >= 0.6 is 23.1 Å². The second-order valence-electron chi connectivity index (χ2n) is 6.77. The number of likely N-dealkylation sites (N-methyl/N-ethyl adjacent to an activating group) is 1. The molecule has 0 saturated carbocycles. The van der Waals surface area contributed by atoms with E-state index in [1.54, 1.807) is 11.3 Å². The number of benzene rings is 1. The number of fused-ring (bicyclic) bond motifs is 3. The predicted octanol–water partition coefficient (Wildman–Crippen LogP) is 3.30. The summed E-state index contributed by atoms with van der Waals surface area (Å²) in [7, 11) is 2.12. The summed E-state index contributed by atoms with van der Waals surface area (Å²) in [6.07, 6.45) is 0.977. The van der Waals surface area contributed by atoms with E-state index >= 15 is 0 Å². The van der Waals surface area contributed by atoms with Crippen molar-refractivity contribution in [2.45, 2.75) is 25.0 Å². The van der Waals surface area contributed by atoms with E-state index in [1.807, 2.05) is 31.2 Å².